The summed E-state index contributed by atoms with van der Waals surface area (Å²) in [6, 6.07) is 0. The van der Waals surface area contributed by atoms with Crippen LogP contribution in [-0.2, 0) is 0 Å². The highest BCUT2D eigenvalue weighted by atomic mass is 14.6. The van der Waals surface area contributed by atoms with Gasteiger partial charge in [0.25, 0.3) is 0 Å². The first-order valence-corrected chi connectivity index (χ1v) is 5.92. The lowest BCUT2D eigenvalue weighted by atomic mass is 9.44. The second-order valence-corrected chi connectivity index (χ2v) is 5.96. The first-order valence-electron chi connectivity index (χ1n) is 5.92. The predicted molar refractivity (Wildman–Crippen MR) is 66.6 cm³/mol. The molecule has 0 N–H and O–H groups in total. The standard InChI is InChI=1S/C15H22/c1-11(2)8-9-15-12(3)6-7-13(15)10-14(15,4)5/h6,8-9,13H,1,7,10H2,2-5H3/b9-8+. The van der Waals surface area contributed by atoms with Crippen LogP contribution in [0.5, 0.6) is 0 Å². The molecule has 15 heavy (non-hydrogen) atoms. The van der Waals surface area contributed by atoms with Crippen molar-refractivity contribution in [1.29, 1.82) is 0 Å². The summed E-state index contributed by atoms with van der Waals surface area (Å²) in [5.74, 6) is 0.850. The van der Waals surface area contributed by atoms with Crippen molar-refractivity contribution in [1.82, 2.24) is 0 Å². The summed E-state index contributed by atoms with van der Waals surface area (Å²) in [4.78, 5) is 0. The quantitative estimate of drug-likeness (QED) is 0.457. The van der Waals surface area contributed by atoms with Gasteiger partial charge in [0, 0.05) is 5.41 Å². The molecule has 2 aliphatic carbocycles. The highest BCUT2D eigenvalue weighted by Gasteiger charge is 2.60. The summed E-state index contributed by atoms with van der Waals surface area (Å²) in [5, 5.41) is 0. The van der Waals surface area contributed by atoms with Gasteiger partial charge in [0.1, 0.15) is 0 Å². The van der Waals surface area contributed by atoms with Crippen molar-refractivity contribution in [3.63, 3.8) is 0 Å². The summed E-state index contributed by atoms with van der Waals surface area (Å²) in [7, 11) is 0. The summed E-state index contributed by atoms with van der Waals surface area (Å²) in [6.07, 6.45) is 9.69. The predicted octanol–water partition coefficient (Wildman–Crippen LogP) is 4.50. The first-order chi connectivity index (χ1) is 6.90. The summed E-state index contributed by atoms with van der Waals surface area (Å²) >= 11 is 0. The van der Waals surface area contributed by atoms with Crippen molar-refractivity contribution in [3.05, 3.63) is 36.0 Å². The number of hydrogen-bond acceptors (Lipinski definition) is 0. The lowest BCUT2D eigenvalue weighted by Crippen LogP contribution is -2.52. The lowest BCUT2D eigenvalue weighted by molar-refractivity contribution is -0.0384. The van der Waals surface area contributed by atoms with Gasteiger partial charge in [0.2, 0.25) is 0 Å². The third-order valence-electron chi connectivity index (χ3n) is 4.51. The van der Waals surface area contributed by atoms with E-state index in [-0.39, 0.29) is 0 Å². The van der Waals surface area contributed by atoms with Crippen molar-refractivity contribution in [3.8, 4) is 0 Å². The zero-order valence-electron chi connectivity index (χ0n) is 10.4. The minimum Gasteiger partial charge on any atom is -0.0961 e. The maximum atomic E-state index is 3.96. The molecule has 0 aromatic rings. The molecule has 0 heteroatoms. The molecule has 2 rings (SSSR count). The van der Waals surface area contributed by atoms with Crippen LogP contribution in [0.15, 0.2) is 36.0 Å². The zero-order chi connectivity index (χ0) is 11.3. The van der Waals surface area contributed by atoms with Gasteiger partial charge in [-0.2, -0.15) is 0 Å². The highest BCUT2D eigenvalue weighted by molar-refractivity contribution is 5.38. The lowest BCUT2D eigenvalue weighted by Gasteiger charge is -2.59. The molecule has 0 aromatic heterocycles. The van der Waals surface area contributed by atoms with Crippen LogP contribution in [0.1, 0.15) is 40.5 Å². The van der Waals surface area contributed by atoms with E-state index in [1.165, 1.54) is 12.8 Å². The zero-order valence-corrected chi connectivity index (χ0v) is 10.4. The molecular formula is C15H22. The Balaban J connectivity index is 2.37. The molecule has 2 atom stereocenters. The van der Waals surface area contributed by atoms with Crippen molar-refractivity contribution in [2.24, 2.45) is 16.7 Å². The van der Waals surface area contributed by atoms with E-state index in [1.807, 2.05) is 0 Å². The van der Waals surface area contributed by atoms with Gasteiger partial charge in [0.05, 0.1) is 0 Å². The molecule has 0 amide bonds. The van der Waals surface area contributed by atoms with E-state index in [0.29, 0.717) is 10.8 Å². The summed E-state index contributed by atoms with van der Waals surface area (Å²) in [6.45, 7) is 13.1. The number of allylic oxidation sites excluding steroid dienone is 5. The van der Waals surface area contributed by atoms with Gasteiger partial charge in [-0.1, -0.05) is 49.8 Å². The molecule has 0 spiro atoms. The molecule has 1 fully saturated rings. The fraction of sp³-hybridized carbons (Fsp3) is 0.600. The maximum Gasteiger partial charge on any atom is 0.0174 e. The number of fused-ring (bicyclic) bond motifs is 1. The van der Waals surface area contributed by atoms with E-state index in [0.717, 1.165) is 11.5 Å². The van der Waals surface area contributed by atoms with E-state index in [1.54, 1.807) is 5.57 Å². The molecule has 0 heterocycles. The first kappa shape index (κ1) is 10.7. The van der Waals surface area contributed by atoms with E-state index >= 15 is 0 Å². The van der Waals surface area contributed by atoms with Crippen LogP contribution in [0.25, 0.3) is 0 Å². The molecule has 2 unspecified atom stereocenters. The van der Waals surface area contributed by atoms with Crippen molar-refractivity contribution < 1.29 is 0 Å². The van der Waals surface area contributed by atoms with Gasteiger partial charge in [-0.15, -0.1) is 0 Å². The third-order valence-corrected chi connectivity index (χ3v) is 4.51. The second kappa shape index (κ2) is 3.10. The minimum atomic E-state index is 0.339. The van der Waals surface area contributed by atoms with Crippen LogP contribution in [0.4, 0.5) is 0 Å². The van der Waals surface area contributed by atoms with Gasteiger partial charge in [0.15, 0.2) is 0 Å². The Morgan fingerprint density at radius 1 is 1.53 bits per heavy atom. The maximum absolute atomic E-state index is 3.96. The Morgan fingerprint density at radius 2 is 2.20 bits per heavy atom. The molecule has 0 aromatic carbocycles. The molecule has 2 aliphatic rings. The average molecular weight is 202 g/mol. The minimum absolute atomic E-state index is 0.339. The molecule has 0 aliphatic heterocycles. The molecular weight excluding hydrogens is 180 g/mol. The Labute approximate surface area is 93.8 Å². The Morgan fingerprint density at radius 3 is 2.67 bits per heavy atom. The topological polar surface area (TPSA) is 0 Å². The molecule has 0 bridgehead atoms. The van der Waals surface area contributed by atoms with E-state index < -0.39 is 0 Å². The highest BCUT2D eigenvalue weighted by Crippen LogP contribution is 2.69. The van der Waals surface area contributed by atoms with Gasteiger partial charge in [-0.05, 0) is 38.0 Å². The van der Waals surface area contributed by atoms with Crippen LogP contribution in [0, 0.1) is 16.7 Å². The number of hydrogen-bond donors (Lipinski definition) is 0. The van der Waals surface area contributed by atoms with Crippen LogP contribution in [0.3, 0.4) is 0 Å². The van der Waals surface area contributed by atoms with Crippen molar-refractivity contribution >= 4 is 0 Å². The van der Waals surface area contributed by atoms with Crippen LogP contribution < -0.4 is 0 Å². The molecule has 0 nitrogen and oxygen atoms in total. The summed E-state index contributed by atoms with van der Waals surface area (Å²) in [5.41, 5.74) is 3.50. The smallest absolute Gasteiger partial charge is 0.0174 e. The normalized spacial score (nSPS) is 37.3. The van der Waals surface area contributed by atoms with Gasteiger partial charge in [-0.3, -0.25) is 0 Å². The van der Waals surface area contributed by atoms with Crippen molar-refractivity contribution in [2.45, 2.75) is 40.5 Å². The Hall–Kier alpha value is -0.780. The van der Waals surface area contributed by atoms with Crippen molar-refractivity contribution in [2.75, 3.05) is 0 Å². The van der Waals surface area contributed by atoms with E-state index in [9.17, 15) is 0 Å². The molecule has 82 valence electrons. The monoisotopic (exact) mass is 202 g/mol. The van der Waals surface area contributed by atoms with E-state index in [2.05, 4.69) is 52.5 Å². The van der Waals surface area contributed by atoms with Crippen LogP contribution >= 0.6 is 0 Å². The van der Waals surface area contributed by atoms with E-state index in [4.69, 9.17) is 0 Å². The van der Waals surface area contributed by atoms with Crippen LogP contribution in [-0.4, -0.2) is 0 Å². The Bertz CT molecular complexity index is 354. The van der Waals surface area contributed by atoms with Gasteiger partial charge < -0.3 is 0 Å². The summed E-state index contributed by atoms with van der Waals surface area (Å²) < 4.78 is 0. The average Bonchev–Trinajstić information content (AvgIpc) is 2.37. The molecule has 0 saturated heterocycles. The third kappa shape index (κ3) is 1.27. The molecule has 0 radical (unpaired) electrons. The second-order valence-electron chi connectivity index (χ2n) is 5.96. The van der Waals surface area contributed by atoms with Gasteiger partial charge >= 0.3 is 0 Å². The molecule has 1 saturated carbocycles. The van der Waals surface area contributed by atoms with Crippen LogP contribution in [0.2, 0.25) is 0 Å². The Kier molecular flexibility index (Phi) is 2.22. The SMILES string of the molecule is C=C(C)/C=C/C12C(C)=CCC1CC2(C)C. The largest absolute Gasteiger partial charge is 0.0961 e. The fourth-order valence-corrected chi connectivity index (χ4v) is 3.75. The fourth-order valence-electron chi connectivity index (χ4n) is 3.75. The number of rotatable bonds is 2. The van der Waals surface area contributed by atoms with Gasteiger partial charge in [-0.25, -0.2) is 0 Å².